The van der Waals surface area contributed by atoms with E-state index in [9.17, 15) is 9.59 Å². The maximum Gasteiger partial charge on any atom is 0.348 e. The normalized spacial score (nSPS) is 10.6. The number of hydrogen-bond donors (Lipinski definition) is 0. The number of hydrogen-bond acceptors (Lipinski definition) is 7. The fourth-order valence-corrected chi connectivity index (χ4v) is 2.63. The summed E-state index contributed by atoms with van der Waals surface area (Å²) in [4.78, 5) is 33.0. The average Bonchev–Trinajstić information content (AvgIpc) is 2.98. The van der Waals surface area contributed by atoms with Gasteiger partial charge in [0.05, 0.1) is 22.8 Å². The second kappa shape index (κ2) is 7.59. The highest BCUT2D eigenvalue weighted by Gasteiger charge is 2.21. The fourth-order valence-electron chi connectivity index (χ4n) is 2.63. The van der Waals surface area contributed by atoms with Crippen molar-refractivity contribution in [1.82, 2.24) is 19.7 Å². The molecule has 0 spiro atoms. The summed E-state index contributed by atoms with van der Waals surface area (Å²) in [6.45, 7) is 8.59. The molecule has 0 aliphatic heterocycles. The van der Waals surface area contributed by atoms with Gasteiger partial charge < -0.3 is 9.47 Å². The van der Waals surface area contributed by atoms with E-state index in [4.69, 9.17) is 9.47 Å². The number of carbonyl (C=O) groups is 2. The molecule has 0 unspecified atom stereocenters. The van der Waals surface area contributed by atoms with Gasteiger partial charge in [-0.05, 0) is 39.8 Å². The summed E-state index contributed by atoms with van der Waals surface area (Å²) in [6.07, 6.45) is 0. The first kappa shape index (κ1) is 19.2. The fraction of sp³-hybridized carbons (Fsp3) is 0.250. The van der Waals surface area contributed by atoms with E-state index < -0.39 is 11.9 Å². The van der Waals surface area contributed by atoms with E-state index in [1.165, 1.54) is 23.7 Å². The zero-order valence-corrected chi connectivity index (χ0v) is 16.3. The van der Waals surface area contributed by atoms with Crippen LogP contribution in [0.1, 0.15) is 40.1 Å². The Kier molecular flexibility index (Phi) is 5.21. The van der Waals surface area contributed by atoms with Crippen LogP contribution in [0.15, 0.2) is 30.3 Å². The lowest BCUT2D eigenvalue weighted by Crippen LogP contribution is -2.15. The maximum atomic E-state index is 12.7. The lowest BCUT2D eigenvalue weighted by Gasteiger charge is -2.12. The predicted molar refractivity (Wildman–Crippen MR) is 101 cm³/mol. The zero-order valence-electron chi connectivity index (χ0n) is 16.3. The molecule has 1 aromatic carbocycles. The van der Waals surface area contributed by atoms with E-state index in [1.807, 2.05) is 20.8 Å². The number of aryl methyl sites for hydroxylation is 4. The molecule has 28 heavy (non-hydrogen) atoms. The Morgan fingerprint density at radius 2 is 1.61 bits per heavy atom. The molecule has 3 aromatic rings. The average molecular weight is 380 g/mol. The van der Waals surface area contributed by atoms with Crippen LogP contribution in [-0.4, -0.2) is 31.7 Å². The van der Waals surface area contributed by atoms with Crippen LogP contribution in [-0.2, 0) is 4.79 Å². The third-order valence-corrected chi connectivity index (χ3v) is 4.01. The molecule has 2 aromatic heterocycles. The highest BCUT2D eigenvalue weighted by atomic mass is 16.6. The van der Waals surface area contributed by atoms with Gasteiger partial charge in [0.1, 0.15) is 11.3 Å². The first-order chi connectivity index (χ1) is 13.3. The van der Waals surface area contributed by atoms with E-state index >= 15 is 0 Å². The summed E-state index contributed by atoms with van der Waals surface area (Å²) in [5, 5.41) is 4.38. The van der Waals surface area contributed by atoms with Crippen LogP contribution in [0.2, 0.25) is 0 Å². The van der Waals surface area contributed by atoms with Crippen LogP contribution in [0, 0.1) is 27.7 Å². The third-order valence-electron chi connectivity index (χ3n) is 4.01. The maximum absolute atomic E-state index is 12.7. The third kappa shape index (κ3) is 3.90. The van der Waals surface area contributed by atoms with Gasteiger partial charge in [-0.25, -0.2) is 9.78 Å². The van der Waals surface area contributed by atoms with Crippen LogP contribution in [0.3, 0.4) is 0 Å². The first-order valence-electron chi connectivity index (χ1n) is 8.64. The van der Waals surface area contributed by atoms with Gasteiger partial charge in [0, 0.05) is 13.0 Å². The predicted octanol–water partition coefficient (Wildman–Crippen LogP) is 3.04. The largest absolute Gasteiger partial charge is 0.426 e. The van der Waals surface area contributed by atoms with Gasteiger partial charge in [-0.2, -0.15) is 9.78 Å². The number of benzene rings is 1. The van der Waals surface area contributed by atoms with E-state index in [0.717, 1.165) is 11.4 Å². The summed E-state index contributed by atoms with van der Waals surface area (Å²) in [5.41, 5.74) is 3.01. The molecule has 3 rings (SSSR count). The highest BCUT2D eigenvalue weighted by Crippen LogP contribution is 2.24. The molecule has 0 fully saturated rings. The summed E-state index contributed by atoms with van der Waals surface area (Å²) in [5.74, 6) is -0.396. The molecular formula is C20H20N4O4. The minimum Gasteiger partial charge on any atom is -0.426 e. The number of nitrogens with zero attached hydrogens (tertiary/aromatic N) is 4. The van der Waals surface area contributed by atoms with Crippen LogP contribution >= 0.6 is 0 Å². The van der Waals surface area contributed by atoms with Crippen molar-refractivity contribution in [2.45, 2.75) is 34.6 Å². The van der Waals surface area contributed by atoms with Gasteiger partial charge in [-0.15, -0.1) is 0 Å². The zero-order chi connectivity index (χ0) is 20.4. The van der Waals surface area contributed by atoms with E-state index in [-0.39, 0.29) is 17.2 Å². The topological polar surface area (TPSA) is 96.2 Å². The molecule has 0 radical (unpaired) electrons. The number of ether oxygens (including phenoxy) is 2. The number of carbonyl (C=O) groups excluding carboxylic acids is 2. The molecule has 0 amide bonds. The van der Waals surface area contributed by atoms with Gasteiger partial charge >= 0.3 is 11.9 Å². The Labute approximate surface area is 162 Å². The molecule has 0 atom stereocenters. The lowest BCUT2D eigenvalue weighted by molar-refractivity contribution is -0.131. The van der Waals surface area contributed by atoms with Crippen LogP contribution in [0.25, 0.3) is 5.82 Å². The van der Waals surface area contributed by atoms with Gasteiger partial charge in [-0.1, -0.05) is 12.1 Å². The number of esters is 2. The number of para-hydroxylation sites is 1. The van der Waals surface area contributed by atoms with Crippen molar-refractivity contribution in [2.24, 2.45) is 0 Å². The molecule has 144 valence electrons. The van der Waals surface area contributed by atoms with Gasteiger partial charge in [-0.3, -0.25) is 9.78 Å². The minimum atomic E-state index is -0.674. The van der Waals surface area contributed by atoms with Crippen molar-refractivity contribution in [2.75, 3.05) is 0 Å². The van der Waals surface area contributed by atoms with Crippen molar-refractivity contribution in [3.8, 4) is 17.4 Å². The molecular weight excluding hydrogens is 360 g/mol. The second-order valence-corrected chi connectivity index (χ2v) is 6.32. The number of aromatic nitrogens is 4. The smallest absolute Gasteiger partial charge is 0.348 e. The quantitative estimate of drug-likeness (QED) is 0.507. The highest BCUT2D eigenvalue weighted by molar-refractivity contribution is 5.94. The van der Waals surface area contributed by atoms with Gasteiger partial charge in [0.2, 0.25) is 5.88 Å². The van der Waals surface area contributed by atoms with Crippen molar-refractivity contribution < 1.29 is 19.1 Å². The molecule has 2 heterocycles. The van der Waals surface area contributed by atoms with Crippen molar-refractivity contribution >= 4 is 11.9 Å². The standard InChI is InChI=1S/C20H20N4O4/c1-11-10-18(24(23-11)19-14(4)21-12(2)13(3)22-19)28-20(26)16-8-6-7-9-17(16)27-15(5)25/h6-10H,1-5H3. The Hall–Kier alpha value is -3.55. The Balaban J connectivity index is 1.98. The van der Waals surface area contributed by atoms with Crippen LogP contribution < -0.4 is 9.47 Å². The second-order valence-electron chi connectivity index (χ2n) is 6.32. The molecule has 8 heteroatoms. The minimum absolute atomic E-state index is 0.130. The monoisotopic (exact) mass is 380 g/mol. The molecule has 0 saturated carbocycles. The van der Waals surface area contributed by atoms with Crippen LogP contribution in [0.5, 0.6) is 11.6 Å². The van der Waals surface area contributed by atoms with Crippen LogP contribution in [0.4, 0.5) is 0 Å². The van der Waals surface area contributed by atoms with Crippen molar-refractivity contribution in [3.05, 3.63) is 58.7 Å². The molecule has 0 aliphatic rings. The summed E-state index contributed by atoms with van der Waals surface area (Å²) in [7, 11) is 0. The summed E-state index contributed by atoms with van der Waals surface area (Å²) < 4.78 is 12.1. The molecule has 0 bridgehead atoms. The van der Waals surface area contributed by atoms with E-state index in [0.29, 0.717) is 17.2 Å². The molecule has 0 saturated heterocycles. The van der Waals surface area contributed by atoms with E-state index in [1.54, 1.807) is 25.1 Å². The van der Waals surface area contributed by atoms with Gasteiger partial charge in [0.25, 0.3) is 0 Å². The Bertz CT molecular complexity index is 1070. The molecule has 8 nitrogen and oxygen atoms in total. The summed E-state index contributed by atoms with van der Waals surface area (Å²) >= 11 is 0. The lowest BCUT2D eigenvalue weighted by atomic mass is 10.2. The first-order valence-corrected chi connectivity index (χ1v) is 8.64. The van der Waals surface area contributed by atoms with Gasteiger partial charge in [0.15, 0.2) is 5.82 Å². The molecule has 0 aliphatic carbocycles. The molecule has 0 N–H and O–H groups in total. The van der Waals surface area contributed by atoms with Crippen molar-refractivity contribution in [1.29, 1.82) is 0 Å². The Morgan fingerprint density at radius 3 is 2.32 bits per heavy atom. The van der Waals surface area contributed by atoms with E-state index in [2.05, 4.69) is 15.1 Å². The summed E-state index contributed by atoms with van der Waals surface area (Å²) in [6, 6.07) is 8.00. The number of rotatable bonds is 4. The SMILES string of the molecule is CC(=O)Oc1ccccc1C(=O)Oc1cc(C)nn1-c1nc(C)c(C)nc1C. The Morgan fingerprint density at radius 1 is 0.929 bits per heavy atom. The van der Waals surface area contributed by atoms with Crippen molar-refractivity contribution in [3.63, 3.8) is 0 Å².